The topological polar surface area (TPSA) is 73.6 Å². The highest BCUT2D eigenvalue weighted by molar-refractivity contribution is 7.99. The van der Waals surface area contributed by atoms with Gasteiger partial charge in [0.2, 0.25) is 11.8 Å². The molecule has 2 aromatic rings. The van der Waals surface area contributed by atoms with Crippen LogP contribution >= 0.6 is 11.8 Å². The van der Waals surface area contributed by atoms with Gasteiger partial charge in [-0.05, 0) is 39.8 Å². The summed E-state index contributed by atoms with van der Waals surface area (Å²) in [4.78, 5) is 16.6. The van der Waals surface area contributed by atoms with Crippen molar-refractivity contribution < 1.29 is 18.7 Å². The number of amides is 1. The van der Waals surface area contributed by atoms with E-state index in [2.05, 4.69) is 10.3 Å². The first-order chi connectivity index (χ1) is 13.0. The molecule has 0 fully saturated rings. The molecule has 1 N–H and O–H groups in total. The van der Waals surface area contributed by atoms with E-state index in [-0.39, 0.29) is 5.91 Å². The molecule has 2 rings (SSSR count). The van der Waals surface area contributed by atoms with Crippen molar-refractivity contribution in [3.63, 3.8) is 0 Å². The van der Waals surface area contributed by atoms with Crippen molar-refractivity contribution in [1.29, 1.82) is 0 Å². The predicted octanol–water partition coefficient (Wildman–Crippen LogP) is 3.71. The number of hydrogen-bond donors (Lipinski definition) is 1. The number of aryl methyl sites for hydroxylation is 2. The molecule has 1 aromatic carbocycles. The minimum Gasteiger partial charge on any atom is -0.441 e. The minimum absolute atomic E-state index is 0.0516. The zero-order valence-corrected chi connectivity index (χ0v) is 17.2. The maximum Gasteiger partial charge on any atom is 0.230 e. The Kier molecular flexibility index (Phi) is 8.84. The van der Waals surface area contributed by atoms with Gasteiger partial charge in [0.05, 0.1) is 18.0 Å². The summed E-state index contributed by atoms with van der Waals surface area (Å²) in [7, 11) is 0. The van der Waals surface area contributed by atoms with Gasteiger partial charge in [-0.25, -0.2) is 4.98 Å². The van der Waals surface area contributed by atoms with Crippen LogP contribution in [0.1, 0.15) is 30.9 Å². The lowest BCUT2D eigenvalue weighted by molar-refractivity contribution is -0.139. The van der Waals surface area contributed by atoms with Crippen molar-refractivity contribution in [3.8, 4) is 11.5 Å². The van der Waals surface area contributed by atoms with Gasteiger partial charge in [-0.1, -0.05) is 17.7 Å². The summed E-state index contributed by atoms with van der Waals surface area (Å²) in [6.45, 7) is 9.18. The van der Waals surface area contributed by atoms with E-state index in [0.29, 0.717) is 37.2 Å². The van der Waals surface area contributed by atoms with E-state index in [0.717, 1.165) is 17.0 Å². The molecule has 0 radical (unpaired) electrons. The third-order valence-electron chi connectivity index (χ3n) is 3.83. The Bertz CT molecular complexity index is 709. The maximum atomic E-state index is 12.0. The number of nitrogens with one attached hydrogen (secondary N) is 1. The Labute approximate surface area is 165 Å². The van der Waals surface area contributed by atoms with Crippen molar-refractivity contribution in [2.24, 2.45) is 0 Å². The number of aromatic nitrogens is 1. The van der Waals surface area contributed by atoms with Gasteiger partial charge in [-0.2, -0.15) is 0 Å². The molecular weight excluding hydrogens is 364 g/mol. The molecule has 0 aliphatic heterocycles. The number of hydrogen-bond acceptors (Lipinski definition) is 6. The molecule has 0 aliphatic carbocycles. The lowest BCUT2D eigenvalue weighted by Gasteiger charge is -2.17. The molecule has 7 heteroatoms. The molecule has 0 aliphatic rings. The second-order valence-corrected chi connectivity index (χ2v) is 7.01. The fourth-order valence-electron chi connectivity index (χ4n) is 2.41. The van der Waals surface area contributed by atoms with Gasteiger partial charge in [0.1, 0.15) is 5.76 Å². The molecule has 148 valence electrons. The first kappa shape index (κ1) is 21.5. The zero-order valence-electron chi connectivity index (χ0n) is 16.4. The fourth-order valence-corrected chi connectivity index (χ4v) is 3.26. The van der Waals surface area contributed by atoms with E-state index in [1.165, 1.54) is 17.3 Å². The Morgan fingerprint density at radius 2 is 1.85 bits per heavy atom. The van der Waals surface area contributed by atoms with Crippen molar-refractivity contribution >= 4 is 17.7 Å². The lowest BCUT2D eigenvalue weighted by Crippen LogP contribution is -2.36. The standard InChI is InChI=1S/C20H28N2O4S/c1-5-24-19(25-6-2)11-21-18(23)13-27-12-17-15(4)26-20(22-17)16-9-7-14(3)8-10-16/h7-10,19H,5-6,11-13H2,1-4H3,(H,21,23). The molecule has 0 spiro atoms. The second kappa shape index (κ2) is 11.1. The molecule has 0 saturated carbocycles. The minimum atomic E-state index is -0.399. The van der Waals surface area contributed by atoms with E-state index in [1.54, 1.807) is 0 Å². The SMILES string of the molecule is CCOC(CNC(=O)CSCc1nc(-c2ccc(C)cc2)oc1C)OCC. The Balaban J connectivity index is 1.79. The van der Waals surface area contributed by atoms with Crippen LogP contribution in [-0.4, -0.2) is 42.7 Å². The highest BCUT2D eigenvalue weighted by atomic mass is 32.2. The van der Waals surface area contributed by atoms with Crippen LogP contribution in [0.25, 0.3) is 11.5 Å². The van der Waals surface area contributed by atoms with Gasteiger partial charge in [-0.15, -0.1) is 11.8 Å². The normalized spacial score (nSPS) is 11.1. The van der Waals surface area contributed by atoms with Crippen LogP contribution in [-0.2, 0) is 20.0 Å². The van der Waals surface area contributed by atoms with Crippen molar-refractivity contribution in [2.45, 2.75) is 39.7 Å². The number of nitrogens with zero attached hydrogens (tertiary/aromatic N) is 1. The third kappa shape index (κ3) is 7.01. The summed E-state index contributed by atoms with van der Waals surface area (Å²) in [5.74, 6) is 2.31. The first-order valence-corrected chi connectivity index (χ1v) is 10.3. The number of oxazole rings is 1. The van der Waals surface area contributed by atoms with E-state index in [1.807, 2.05) is 52.0 Å². The molecule has 0 saturated heterocycles. The first-order valence-electron chi connectivity index (χ1n) is 9.14. The summed E-state index contributed by atoms with van der Waals surface area (Å²) in [6, 6.07) is 8.06. The van der Waals surface area contributed by atoms with Crippen LogP contribution in [0.4, 0.5) is 0 Å². The van der Waals surface area contributed by atoms with Crippen LogP contribution in [0, 0.1) is 13.8 Å². The summed E-state index contributed by atoms with van der Waals surface area (Å²) in [5, 5.41) is 2.84. The number of rotatable bonds is 11. The molecule has 1 amide bonds. The van der Waals surface area contributed by atoms with Gasteiger partial charge in [0.15, 0.2) is 6.29 Å². The largest absolute Gasteiger partial charge is 0.441 e. The molecule has 0 unspecified atom stereocenters. The van der Waals surface area contributed by atoms with Crippen molar-refractivity contribution in [1.82, 2.24) is 10.3 Å². The Morgan fingerprint density at radius 3 is 2.48 bits per heavy atom. The van der Waals surface area contributed by atoms with Gasteiger partial charge in [0, 0.05) is 24.5 Å². The summed E-state index contributed by atoms with van der Waals surface area (Å²) in [5.41, 5.74) is 3.01. The monoisotopic (exact) mass is 392 g/mol. The van der Waals surface area contributed by atoms with Gasteiger partial charge in [-0.3, -0.25) is 4.79 Å². The molecule has 1 heterocycles. The lowest BCUT2D eigenvalue weighted by atomic mass is 10.1. The van der Waals surface area contributed by atoms with E-state index < -0.39 is 6.29 Å². The van der Waals surface area contributed by atoms with E-state index in [4.69, 9.17) is 13.9 Å². The molecule has 0 atom stereocenters. The van der Waals surface area contributed by atoms with Crippen LogP contribution in [0.5, 0.6) is 0 Å². The number of carbonyl (C=O) groups excluding carboxylic acids is 1. The second-order valence-electron chi connectivity index (χ2n) is 6.03. The number of ether oxygens (including phenoxy) is 2. The molecule has 6 nitrogen and oxygen atoms in total. The highest BCUT2D eigenvalue weighted by Crippen LogP contribution is 2.24. The van der Waals surface area contributed by atoms with Gasteiger partial charge in [0.25, 0.3) is 0 Å². The molecule has 0 bridgehead atoms. The molecule has 27 heavy (non-hydrogen) atoms. The summed E-state index contributed by atoms with van der Waals surface area (Å²) < 4.78 is 16.6. The van der Waals surface area contributed by atoms with Crippen LogP contribution in [0.2, 0.25) is 0 Å². The summed E-state index contributed by atoms with van der Waals surface area (Å²) in [6.07, 6.45) is -0.399. The average molecular weight is 393 g/mol. The molecular formula is C20H28N2O4S. The quantitative estimate of drug-likeness (QED) is 0.588. The smallest absolute Gasteiger partial charge is 0.230 e. The van der Waals surface area contributed by atoms with Gasteiger partial charge < -0.3 is 19.2 Å². The van der Waals surface area contributed by atoms with Crippen LogP contribution in [0.3, 0.4) is 0 Å². The Morgan fingerprint density at radius 1 is 1.19 bits per heavy atom. The zero-order chi connectivity index (χ0) is 19.6. The van der Waals surface area contributed by atoms with E-state index >= 15 is 0 Å². The predicted molar refractivity (Wildman–Crippen MR) is 108 cm³/mol. The number of thioether (sulfide) groups is 1. The van der Waals surface area contributed by atoms with Crippen LogP contribution < -0.4 is 5.32 Å². The summed E-state index contributed by atoms with van der Waals surface area (Å²) >= 11 is 1.50. The maximum absolute atomic E-state index is 12.0. The van der Waals surface area contributed by atoms with Gasteiger partial charge >= 0.3 is 0 Å². The third-order valence-corrected chi connectivity index (χ3v) is 4.78. The highest BCUT2D eigenvalue weighted by Gasteiger charge is 2.13. The number of carbonyl (C=O) groups is 1. The van der Waals surface area contributed by atoms with Crippen molar-refractivity contribution in [2.75, 3.05) is 25.5 Å². The Hall–Kier alpha value is -1.83. The fraction of sp³-hybridized carbons (Fsp3) is 0.500. The average Bonchev–Trinajstić information content (AvgIpc) is 3.01. The van der Waals surface area contributed by atoms with Crippen molar-refractivity contribution in [3.05, 3.63) is 41.3 Å². The number of benzene rings is 1. The van der Waals surface area contributed by atoms with E-state index in [9.17, 15) is 4.79 Å². The molecule has 1 aromatic heterocycles. The van der Waals surface area contributed by atoms with Crippen LogP contribution in [0.15, 0.2) is 28.7 Å².